The van der Waals surface area contributed by atoms with Gasteiger partial charge in [0.25, 0.3) is 0 Å². The van der Waals surface area contributed by atoms with Crippen LogP contribution in [0.4, 0.5) is 4.79 Å². The lowest BCUT2D eigenvalue weighted by Gasteiger charge is -2.20. The molecule has 1 rings (SSSR count). The van der Waals surface area contributed by atoms with Crippen molar-refractivity contribution in [2.24, 2.45) is 5.41 Å². The second-order valence-corrected chi connectivity index (χ2v) is 6.31. The fourth-order valence-electron chi connectivity index (χ4n) is 1.26. The average molecular weight is 285 g/mol. The van der Waals surface area contributed by atoms with E-state index < -0.39 is 17.4 Å². The number of rotatable bonds is 5. The third-order valence-corrected chi connectivity index (χ3v) is 3.72. The minimum Gasteiger partial charge on any atom is -0.481 e. The highest BCUT2D eigenvalue weighted by atomic mass is 32.1. The molecule has 1 atom stereocenters. The smallest absolute Gasteiger partial charge is 0.315 e. The van der Waals surface area contributed by atoms with Gasteiger partial charge in [-0.15, -0.1) is 11.3 Å². The van der Waals surface area contributed by atoms with Crippen molar-refractivity contribution < 1.29 is 14.7 Å². The molecule has 0 spiro atoms. The molecular weight excluding hydrogens is 266 g/mol. The number of aryl methyl sites for hydroxylation is 1. The van der Waals surface area contributed by atoms with Crippen LogP contribution in [-0.2, 0) is 4.79 Å². The maximum absolute atomic E-state index is 11.7. The van der Waals surface area contributed by atoms with Gasteiger partial charge in [-0.25, -0.2) is 9.78 Å². The van der Waals surface area contributed by atoms with Crippen molar-refractivity contribution >= 4 is 23.3 Å². The van der Waals surface area contributed by atoms with Gasteiger partial charge in [-0.1, -0.05) is 0 Å². The van der Waals surface area contributed by atoms with Crippen LogP contribution in [0.1, 0.15) is 36.7 Å². The van der Waals surface area contributed by atoms with Crippen LogP contribution in [0.15, 0.2) is 6.20 Å². The van der Waals surface area contributed by atoms with Crippen LogP contribution in [0.25, 0.3) is 0 Å². The van der Waals surface area contributed by atoms with E-state index in [0.29, 0.717) is 0 Å². The number of carboxylic acid groups (broad SMARTS) is 1. The molecule has 1 aromatic rings. The molecule has 0 aromatic carbocycles. The van der Waals surface area contributed by atoms with Crippen molar-refractivity contribution in [1.29, 1.82) is 0 Å². The largest absolute Gasteiger partial charge is 0.481 e. The van der Waals surface area contributed by atoms with Crippen molar-refractivity contribution in [3.63, 3.8) is 0 Å². The summed E-state index contributed by atoms with van der Waals surface area (Å²) in [6, 6.07) is -0.596. The lowest BCUT2D eigenvalue weighted by atomic mass is 9.94. The van der Waals surface area contributed by atoms with Crippen molar-refractivity contribution in [1.82, 2.24) is 15.6 Å². The molecule has 3 N–H and O–H groups in total. The number of carbonyl (C=O) groups excluding carboxylic acids is 1. The molecule has 2 amide bonds. The summed E-state index contributed by atoms with van der Waals surface area (Å²) in [4.78, 5) is 27.8. The Hall–Kier alpha value is -1.63. The minimum atomic E-state index is -0.988. The zero-order valence-corrected chi connectivity index (χ0v) is 12.3. The summed E-state index contributed by atoms with van der Waals surface area (Å²) < 4.78 is 0. The summed E-state index contributed by atoms with van der Waals surface area (Å²) in [5, 5.41) is 15.0. The van der Waals surface area contributed by atoms with E-state index in [9.17, 15) is 9.59 Å². The Morgan fingerprint density at radius 3 is 2.63 bits per heavy atom. The molecule has 0 radical (unpaired) electrons. The number of urea groups is 1. The molecule has 7 heteroatoms. The van der Waals surface area contributed by atoms with Crippen molar-refractivity contribution in [3.8, 4) is 0 Å². The molecule has 0 aliphatic rings. The molecule has 0 saturated carbocycles. The van der Waals surface area contributed by atoms with Gasteiger partial charge in [0, 0.05) is 17.6 Å². The quantitative estimate of drug-likeness (QED) is 0.770. The highest BCUT2D eigenvalue weighted by Gasteiger charge is 2.27. The Morgan fingerprint density at radius 1 is 1.53 bits per heavy atom. The number of carboxylic acids is 1. The minimum absolute atomic E-state index is 0.0672. The van der Waals surface area contributed by atoms with Gasteiger partial charge in [-0.05, 0) is 27.7 Å². The molecule has 0 aliphatic carbocycles. The van der Waals surface area contributed by atoms with Crippen LogP contribution < -0.4 is 10.6 Å². The number of carbonyl (C=O) groups is 2. The SMILES string of the molecule is Cc1cnc(C(C)NC(=O)NCC(C)(C)C(=O)O)s1. The van der Waals surface area contributed by atoms with E-state index in [2.05, 4.69) is 15.6 Å². The summed E-state index contributed by atoms with van der Waals surface area (Å²) >= 11 is 1.52. The van der Waals surface area contributed by atoms with Gasteiger partial charge in [-0.2, -0.15) is 0 Å². The molecule has 6 nitrogen and oxygen atoms in total. The monoisotopic (exact) mass is 285 g/mol. The van der Waals surface area contributed by atoms with Gasteiger partial charge in [0.15, 0.2) is 0 Å². The maximum Gasteiger partial charge on any atom is 0.315 e. The number of nitrogens with zero attached hydrogens (tertiary/aromatic N) is 1. The summed E-state index contributed by atoms with van der Waals surface area (Å²) in [5.74, 6) is -0.948. The molecule has 0 saturated heterocycles. The van der Waals surface area contributed by atoms with Gasteiger partial charge in [-0.3, -0.25) is 4.79 Å². The topological polar surface area (TPSA) is 91.3 Å². The number of hydrogen-bond acceptors (Lipinski definition) is 4. The number of amides is 2. The van der Waals surface area contributed by atoms with E-state index in [0.717, 1.165) is 9.88 Å². The molecule has 0 bridgehead atoms. The first-order chi connectivity index (χ1) is 8.72. The Labute approximate surface area is 116 Å². The molecule has 1 aromatic heterocycles. The predicted molar refractivity (Wildman–Crippen MR) is 73.2 cm³/mol. The van der Waals surface area contributed by atoms with Gasteiger partial charge < -0.3 is 15.7 Å². The standard InChI is InChI=1S/C12H19N3O3S/c1-7-5-13-9(19-7)8(2)15-11(18)14-6-12(3,4)10(16)17/h5,8H,6H2,1-4H3,(H,16,17)(H2,14,15,18). The first-order valence-electron chi connectivity index (χ1n) is 5.92. The fourth-order valence-corrected chi connectivity index (χ4v) is 2.04. The van der Waals surface area contributed by atoms with Crippen LogP contribution in [0.3, 0.4) is 0 Å². The summed E-state index contributed by atoms with van der Waals surface area (Å²) in [5.41, 5.74) is -0.988. The third-order valence-electron chi connectivity index (χ3n) is 2.63. The Morgan fingerprint density at radius 2 is 2.16 bits per heavy atom. The Bertz CT molecular complexity index is 471. The normalized spacial score (nSPS) is 12.8. The number of thiazole rings is 1. The number of nitrogens with one attached hydrogen (secondary N) is 2. The van der Waals surface area contributed by atoms with E-state index in [4.69, 9.17) is 5.11 Å². The Balaban J connectivity index is 2.46. The first-order valence-corrected chi connectivity index (χ1v) is 6.74. The van der Waals surface area contributed by atoms with Gasteiger partial charge >= 0.3 is 12.0 Å². The van der Waals surface area contributed by atoms with Gasteiger partial charge in [0.05, 0.1) is 11.5 Å². The van der Waals surface area contributed by atoms with Crippen LogP contribution >= 0.6 is 11.3 Å². The second-order valence-electron chi connectivity index (χ2n) is 5.05. The molecule has 0 aliphatic heterocycles. The lowest BCUT2D eigenvalue weighted by molar-refractivity contribution is -0.146. The van der Waals surface area contributed by atoms with Gasteiger partial charge in [0.2, 0.25) is 0 Å². The molecule has 106 valence electrons. The van der Waals surface area contributed by atoms with Crippen LogP contribution in [0.2, 0.25) is 0 Å². The molecule has 1 heterocycles. The van der Waals surface area contributed by atoms with E-state index >= 15 is 0 Å². The van der Waals surface area contributed by atoms with E-state index in [1.54, 1.807) is 20.0 Å². The fraction of sp³-hybridized carbons (Fsp3) is 0.583. The molecule has 19 heavy (non-hydrogen) atoms. The summed E-state index contributed by atoms with van der Waals surface area (Å²) in [6.45, 7) is 6.97. The molecule has 1 unspecified atom stereocenters. The highest BCUT2D eigenvalue weighted by molar-refractivity contribution is 7.11. The number of aromatic nitrogens is 1. The van der Waals surface area contributed by atoms with Crippen LogP contribution in [0.5, 0.6) is 0 Å². The molecule has 0 fully saturated rings. The van der Waals surface area contributed by atoms with Crippen molar-refractivity contribution in [2.45, 2.75) is 33.7 Å². The van der Waals surface area contributed by atoms with E-state index in [1.165, 1.54) is 11.3 Å². The first kappa shape index (κ1) is 15.4. The zero-order valence-electron chi connectivity index (χ0n) is 11.5. The number of aliphatic carboxylic acids is 1. The highest BCUT2D eigenvalue weighted by Crippen LogP contribution is 2.18. The van der Waals surface area contributed by atoms with Crippen molar-refractivity contribution in [2.75, 3.05) is 6.54 Å². The maximum atomic E-state index is 11.7. The van der Waals surface area contributed by atoms with Crippen LogP contribution in [-0.4, -0.2) is 28.6 Å². The molecular formula is C12H19N3O3S. The summed E-state index contributed by atoms with van der Waals surface area (Å²) in [6.07, 6.45) is 1.75. The average Bonchev–Trinajstić information content (AvgIpc) is 2.73. The van der Waals surface area contributed by atoms with Crippen molar-refractivity contribution in [3.05, 3.63) is 16.1 Å². The Kier molecular flexibility index (Phi) is 4.88. The van der Waals surface area contributed by atoms with E-state index in [1.807, 2.05) is 13.8 Å². The number of hydrogen-bond donors (Lipinski definition) is 3. The van der Waals surface area contributed by atoms with Gasteiger partial charge in [0.1, 0.15) is 5.01 Å². The zero-order chi connectivity index (χ0) is 14.6. The van der Waals surface area contributed by atoms with E-state index in [-0.39, 0.29) is 12.6 Å². The summed E-state index contributed by atoms with van der Waals surface area (Å²) in [7, 11) is 0. The van der Waals surface area contributed by atoms with Crippen LogP contribution in [0, 0.1) is 12.3 Å². The second kappa shape index (κ2) is 6.01. The predicted octanol–water partition coefficient (Wildman–Crippen LogP) is 1.92. The lowest BCUT2D eigenvalue weighted by Crippen LogP contribution is -2.44. The third kappa shape index (κ3) is 4.51.